The number of carbonyl (C=O) groups is 1. The van der Waals surface area contributed by atoms with Crippen molar-refractivity contribution < 1.29 is 33.3 Å². The number of aryl methyl sites for hydroxylation is 1. The van der Waals surface area contributed by atoms with Gasteiger partial charge in [-0.3, -0.25) is 0 Å². The summed E-state index contributed by atoms with van der Waals surface area (Å²) in [6.07, 6.45) is 13.0. The maximum Gasteiger partial charge on any atom is 0.415 e. The van der Waals surface area contributed by atoms with Crippen LogP contribution in [0.1, 0.15) is 38.5 Å². The quantitative estimate of drug-likeness (QED) is 0.355. The summed E-state index contributed by atoms with van der Waals surface area (Å²) < 4.78 is 3.55. The van der Waals surface area contributed by atoms with Crippen LogP contribution in [0.25, 0.3) is 0 Å². The van der Waals surface area contributed by atoms with Crippen LogP contribution in [0.4, 0.5) is 4.79 Å². The van der Waals surface area contributed by atoms with Crippen molar-refractivity contribution in [3.05, 3.63) is 18.7 Å². The zero-order valence-corrected chi connectivity index (χ0v) is 13.3. The molecule has 102 valence electrons. The standard InChI is InChI=1S/C13H22N3O.HI/c1-14-9-10-16(11-14)13(17)15(2)12-7-5-3-4-6-8-12;/h9-12H,3-8H2,1-2H3;1H/q+1;/p-1. The fraction of sp³-hybridized carbons (Fsp3) is 0.692. The van der Waals surface area contributed by atoms with Gasteiger partial charge < -0.3 is 28.9 Å². The molecule has 0 bridgehead atoms. The van der Waals surface area contributed by atoms with Gasteiger partial charge in [-0.2, -0.15) is 4.57 Å². The monoisotopic (exact) mass is 363 g/mol. The zero-order chi connectivity index (χ0) is 12.3. The molecule has 0 atom stereocenters. The van der Waals surface area contributed by atoms with Gasteiger partial charge in [0.05, 0.1) is 7.05 Å². The first-order chi connectivity index (χ1) is 8.18. The maximum absolute atomic E-state index is 12.2. The number of carbonyl (C=O) groups excluding carboxylic acids is 1. The molecule has 0 unspecified atom stereocenters. The number of imidazole rings is 1. The summed E-state index contributed by atoms with van der Waals surface area (Å²) in [4.78, 5) is 14.2. The minimum Gasteiger partial charge on any atom is -1.00 e. The van der Waals surface area contributed by atoms with Gasteiger partial charge >= 0.3 is 6.03 Å². The van der Waals surface area contributed by atoms with Gasteiger partial charge in [0, 0.05) is 13.1 Å². The number of nitrogens with zero attached hydrogens (tertiary/aromatic N) is 3. The highest BCUT2D eigenvalue weighted by Crippen LogP contribution is 2.21. The SMILES string of the molecule is CN(C(=O)n1cc[n+](C)c1)C1CCCCCC1.[I-]. The lowest BCUT2D eigenvalue weighted by molar-refractivity contribution is -0.670. The van der Waals surface area contributed by atoms with E-state index in [4.69, 9.17) is 0 Å². The molecule has 1 aromatic heterocycles. The van der Waals surface area contributed by atoms with E-state index in [1.165, 1.54) is 25.7 Å². The topological polar surface area (TPSA) is 29.1 Å². The maximum atomic E-state index is 12.2. The Morgan fingerprint density at radius 2 is 1.89 bits per heavy atom. The van der Waals surface area contributed by atoms with E-state index in [0.29, 0.717) is 6.04 Å². The normalized spacial score (nSPS) is 16.8. The molecule has 5 heteroatoms. The summed E-state index contributed by atoms with van der Waals surface area (Å²) in [5, 5.41) is 0. The Morgan fingerprint density at radius 3 is 2.39 bits per heavy atom. The van der Waals surface area contributed by atoms with Crippen LogP contribution in [0.15, 0.2) is 18.7 Å². The molecule has 1 aromatic rings. The summed E-state index contributed by atoms with van der Waals surface area (Å²) in [5.41, 5.74) is 0. The number of aromatic nitrogens is 2. The summed E-state index contributed by atoms with van der Waals surface area (Å²) >= 11 is 0. The van der Waals surface area contributed by atoms with E-state index in [1.807, 2.05) is 42.3 Å². The van der Waals surface area contributed by atoms with E-state index in [2.05, 4.69) is 0 Å². The lowest BCUT2D eigenvalue weighted by atomic mass is 10.1. The first-order valence-electron chi connectivity index (χ1n) is 6.49. The van der Waals surface area contributed by atoms with E-state index in [9.17, 15) is 4.79 Å². The van der Waals surface area contributed by atoms with E-state index in [-0.39, 0.29) is 30.0 Å². The molecule has 0 saturated heterocycles. The molecule has 1 fully saturated rings. The lowest BCUT2D eigenvalue weighted by Gasteiger charge is -2.24. The molecule has 1 heterocycles. The number of hydrogen-bond acceptors (Lipinski definition) is 1. The van der Waals surface area contributed by atoms with Crippen LogP contribution in [0.2, 0.25) is 0 Å². The molecule has 1 saturated carbocycles. The van der Waals surface area contributed by atoms with Crippen molar-refractivity contribution in [2.24, 2.45) is 7.05 Å². The van der Waals surface area contributed by atoms with Gasteiger partial charge in [0.15, 0.2) is 0 Å². The number of amides is 1. The molecular formula is C13H22IN3O. The van der Waals surface area contributed by atoms with Gasteiger partial charge in [0.25, 0.3) is 6.33 Å². The van der Waals surface area contributed by atoms with Crippen molar-refractivity contribution in [1.82, 2.24) is 9.47 Å². The van der Waals surface area contributed by atoms with Crippen LogP contribution < -0.4 is 28.5 Å². The molecule has 4 nitrogen and oxygen atoms in total. The molecule has 0 aliphatic heterocycles. The minimum atomic E-state index is 0. The molecule has 1 aliphatic rings. The van der Waals surface area contributed by atoms with Gasteiger partial charge in [0.1, 0.15) is 12.4 Å². The third kappa shape index (κ3) is 3.70. The molecule has 2 rings (SSSR count). The fourth-order valence-electron chi connectivity index (χ4n) is 2.55. The summed E-state index contributed by atoms with van der Waals surface area (Å²) in [5.74, 6) is 0. The van der Waals surface area contributed by atoms with E-state index in [0.717, 1.165) is 12.8 Å². The highest BCUT2D eigenvalue weighted by molar-refractivity contribution is 5.76. The average molecular weight is 363 g/mol. The van der Waals surface area contributed by atoms with Crippen molar-refractivity contribution in [3.63, 3.8) is 0 Å². The molecule has 18 heavy (non-hydrogen) atoms. The van der Waals surface area contributed by atoms with E-state index < -0.39 is 0 Å². The molecule has 0 aromatic carbocycles. The van der Waals surface area contributed by atoms with Crippen molar-refractivity contribution in [2.75, 3.05) is 7.05 Å². The third-order valence-corrected chi connectivity index (χ3v) is 3.66. The second-order valence-corrected chi connectivity index (χ2v) is 5.03. The van der Waals surface area contributed by atoms with E-state index in [1.54, 1.807) is 4.57 Å². The van der Waals surface area contributed by atoms with Crippen molar-refractivity contribution >= 4 is 6.03 Å². The number of hydrogen-bond donors (Lipinski definition) is 0. The van der Waals surface area contributed by atoms with Gasteiger partial charge in [-0.1, -0.05) is 25.7 Å². The zero-order valence-electron chi connectivity index (χ0n) is 11.2. The van der Waals surface area contributed by atoms with Crippen LogP contribution in [0.5, 0.6) is 0 Å². The Labute approximate surface area is 126 Å². The molecule has 0 radical (unpaired) electrons. The van der Waals surface area contributed by atoms with Gasteiger partial charge in [-0.25, -0.2) is 9.36 Å². The smallest absolute Gasteiger partial charge is 0.415 e. The summed E-state index contributed by atoms with van der Waals surface area (Å²) in [6.45, 7) is 0. The Balaban J connectivity index is 0.00000162. The van der Waals surface area contributed by atoms with Gasteiger partial charge in [0.2, 0.25) is 0 Å². The van der Waals surface area contributed by atoms with Gasteiger partial charge in [-0.15, -0.1) is 0 Å². The van der Waals surface area contributed by atoms with Crippen LogP contribution >= 0.6 is 0 Å². The summed E-state index contributed by atoms with van der Waals surface area (Å²) in [6, 6.07) is 0.496. The Kier molecular flexibility index (Phi) is 6.11. The Bertz CT molecular complexity index is 383. The minimum absolute atomic E-state index is 0. The lowest BCUT2D eigenvalue weighted by Crippen LogP contribution is -3.00. The molecule has 1 aliphatic carbocycles. The molecular weight excluding hydrogens is 341 g/mol. The largest absolute Gasteiger partial charge is 1.00 e. The molecule has 0 spiro atoms. The highest BCUT2D eigenvalue weighted by atomic mass is 127. The predicted octanol–water partition coefficient (Wildman–Crippen LogP) is -1.06. The van der Waals surface area contributed by atoms with Crippen LogP contribution in [0, 0.1) is 0 Å². The van der Waals surface area contributed by atoms with Crippen LogP contribution in [-0.2, 0) is 7.05 Å². The first kappa shape index (κ1) is 15.5. The van der Waals surface area contributed by atoms with Gasteiger partial charge in [-0.05, 0) is 12.8 Å². The predicted molar refractivity (Wildman–Crippen MR) is 65.7 cm³/mol. The van der Waals surface area contributed by atoms with Crippen molar-refractivity contribution in [3.8, 4) is 0 Å². The molecule has 0 N–H and O–H groups in total. The number of rotatable bonds is 1. The van der Waals surface area contributed by atoms with E-state index >= 15 is 0 Å². The van der Waals surface area contributed by atoms with Crippen molar-refractivity contribution in [2.45, 2.75) is 44.6 Å². The fourth-order valence-corrected chi connectivity index (χ4v) is 2.55. The Hall–Kier alpha value is -0.590. The highest BCUT2D eigenvalue weighted by Gasteiger charge is 2.25. The molecule has 1 amide bonds. The summed E-state index contributed by atoms with van der Waals surface area (Å²) in [7, 11) is 3.85. The third-order valence-electron chi connectivity index (χ3n) is 3.66. The van der Waals surface area contributed by atoms with Crippen molar-refractivity contribution in [1.29, 1.82) is 0 Å². The van der Waals surface area contributed by atoms with Crippen LogP contribution in [0.3, 0.4) is 0 Å². The van der Waals surface area contributed by atoms with Crippen LogP contribution in [-0.4, -0.2) is 28.6 Å². The number of halogens is 1. The average Bonchev–Trinajstić information content (AvgIpc) is 2.60. The Morgan fingerprint density at radius 1 is 1.28 bits per heavy atom. The second kappa shape index (κ2) is 7.11. The second-order valence-electron chi connectivity index (χ2n) is 5.03. The first-order valence-corrected chi connectivity index (χ1v) is 6.49.